The third-order valence-corrected chi connectivity index (χ3v) is 2.92. The van der Waals surface area contributed by atoms with Crippen LogP contribution in [-0.4, -0.2) is 12.5 Å². The molecule has 0 aromatic heterocycles. The fourth-order valence-corrected chi connectivity index (χ4v) is 1.79. The van der Waals surface area contributed by atoms with Crippen LogP contribution in [0.15, 0.2) is 42.5 Å². The van der Waals surface area contributed by atoms with Crippen molar-refractivity contribution < 1.29 is 13.9 Å². The number of halogens is 1. The first-order valence-corrected chi connectivity index (χ1v) is 6.56. The largest absolute Gasteiger partial charge is 0.484 e. The van der Waals surface area contributed by atoms with Crippen molar-refractivity contribution in [3.63, 3.8) is 0 Å². The second-order valence-electron chi connectivity index (χ2n) is 4.67. The molecule has 4 nitrogen and oxygen atoms in total. The smallest absolute Gasteiger partial charge is 0.262 e. The summed E-state index contributed by atoms with van der Waals surface area (Å²) in [6.45, 7) is 2.09. The normalized spacial score (nSPS) is 10.2. The molecule has 2 rings (SSSR count). The van der Waals surface area contributed by atoms with Crippen LogP contribution in [0, 0.1) is 12.7 Å². The number of hydrogen-bond donors (Lipinski definition) is 2. The van der Waals surface area contributed by atoms with E-state index in [2.05, 4.69) is 5.32 Å². The van der Waals surface area contributed by atoms with Crippen LogP contribution in [-0.2, 0) is 11.3 Å². The zero-order valence-corrected chi connectivity index (χ0v) is 11.7. The van der Waals surface area contributed by atoms with Gasteiger partial charge in [-0.15, -0.1) is 0 Å². The number of carbonyl (C=O) groups excluding carboxylic acids is 1. The van der Waals surface area contributed by atoms with Crippen molar-refractivity contribution in [2.45, 2.75) is 13.5 Å². The summed E-state index contributed by atoms with van der Waals surface area (Å²) >= 11 is 0. The Morgan fingerprint density at radius 3 is 2.62 bits per heavy atom. The van der Waals surface area contributed by atoms with Gasteiger partial charge >= 0.3 is 0 Å². The lowest BCUT2D eigenvalue weighted by Gasteiger charge is -2.09. The van der Waals surface area contributed by atoms with Crippen LogP contribution in [0.1, 0.15) is 11.1 Å². The van der Waals surface area contributed by atoms with E-state index < -0.39 is 11.7 Å². The van der Waals surface area contributed by atoms with Gasteiger partial charge in [-0.2, -0.15) is 0 Å². The number of nitrogens with two attached hydrogens (primary N) is 1. The van der Waals surface area contributed by atoms with E-state index in [1.165, 1.54) is 6.07 Å². The molecule has 2 aromatic rings. The molecule has 0 saturated carbocycles. The van der Waals surface area contributed by atoms with Crippen LogP contribution in [0.4, 0.5) is 10.1 Å². The fourth-order valence-electron chi connectivity index (χ4n) is 1.79. The third-order valence-electron chi connectivity index (χ3n) is 2.92. The van der Waals surface area contributed by atoms with Crippen LogP contribution in [0.3, 0.4) is 0 Å². The number of hydrogen-bond acceptors (Lipinski definition) is 3. The predicted octanol–water partition coefficient (Wildman–Crippen LogP) is 2.61. The van der Waals surface area contributed by atoms with Gasteiger partial charge in [0.05, 0.1) is 5.69 Å². The number of anilines is 1. The molecular formula is C16H17FN2O2. The molecule has 0 heterocycles. The molecule has 21 heavy (non-hydrogen) atoms. The van der Waals surface area contributed by atoms with Crippen LogP contribution in [0.5, 0.6) is 5.75 Å². The molecule has 0 unspecified atom stereocenters. The van der Waals surface area contributed by atoms with E-state index in [1.807, 2.05) is 19.1 Å². The summed E-state index contributed by atoms with van der Waals surface area (Å²) in [6.07, 6.45) is 0. The summed E-state index contributed by atoms with van der Waals surface area (Å²) in [5, 5.41) is 2.48. The van der Waals surface area contributed by atoms with Crippen LogP contribution < -0.4 is 15.8 Å². The predicted molar refractivity (Wildman–Crippen MR) is 79.6 cm³/mol. The lowest BCUT2D eigenvalue weighted by Crippen LogP contribution is -2.20. The molecule has 1 amide bonds. The number of benzene rings is 2. The molecule has 0 atom stereocenters. The molecule has 2 aromatic carbocycles. The first-order valence-electron chi connectivity index (χ1n) is 6.56. The minimum atomic E-state index is -0.471. The SMILES string of the molecule is Cc1ccc(F)c(NC(=O)COc2ccc(CN)cc2)c1. The van der Waals surface area contributed by atoms with Gasteiger partial charge in [-0.25, -0.2) is 4.39 Å². The molecule has 0 spiro atoms. The van der Waals surface area contributed by atoms with E-state index in [1.54, 1.807) is 24.3 Å². The topological polar surface area (TPSA) is 64.3 Å². The molecule has 110 valence electrons. The molecule has 0 aliphatic carbocycles. The highest BCUT2D eigenvalue weighted by Crippen LogP contribution is 2.16. The van der Waals surface area contributed by atoms with Gasteiger partial charge in [-0.05, 0) is 42.3 Å². The maximum Gasteiger partial charge on any atom is 0.262 e. The minimum absolute atomic E-state index is 0.155. The summed E-state index contributed by atoms with van der Waals surface area (Å²) in [5.41, 5.74) is 7.49. The summed E-state index contributed by atoms with van der Waals surface area (Å²) in [7, 11) is 0. The van der Waals surface area contributed by atoms with Gasteiger partial charge in [0.2, 0.25) is 0 Å². The Labute approximate surface area is 122 Å². The molecule has 0 radical (unpaired) electrons. The zero-order valence-electron chi connectivity index (χ0n) is 11.7. The summed E-state index contributed by atoms with van der Waals surface area (Å²) in [4.78, 5) is 11.7. The Kier molecular flexibility index (Phi) is 4.90. The Hall–Kier alpha value is -2.40. The molecule has 0 bridgehead atoms. The molecule has 0 saturated heterocycles. The fraction of sp³-hybridized carbons (Fsp3) is 0.188. The number of carbonyl (C=O) groups is 1. The second kappa shape index (κ2) is 6.85. The first-order chi connectivity index (χ1) is 10.1. The Morgan fingerprint density at radius 2 is 1.95 bits per heavy atom. The standard InChI is InChI=1S/C16H17FN2O2/c1-11-2-7-14(17)15(8-11)19-16(20)10-21-13-5-3-12(9-18)4-6-13/h2-8H,9-10,18H2,1H3,(H,19,20). The highest BCUT2D eigenvalue weighted by atomic mass is 19.1. The zero-order chi connectivity index (χ0) is 15.2. The van der Waals surface area contributed by atoms with E-state index >= 15 is 0 Å². The van der Waals surface area contributed by atoms with Crippen LogP contribution in [0.2, 0.25) is 0 Å². The monoisotopic (exact) mass is 288 g/mol. The number of rotatable bonds is 5. The Bertz CT molecular complexity index is 627. The number of nitrogens with one attached hydrogen (secondary N) is 1. The highest BCUT2D eigenvalue weighted by molar-refractivity contribution is 5.92. The Morgan fingerprint density at radius 1 is 1.24 bits per heavy atom. The van der Waals surface area contributed by atoms with E-state index in [9.17, 15) is 9.18 Å². The van der Waals surface area contributed by atoms with Crippen molar-refractivity contribution in [1.29, 1.82) is 0 Å². The lowest BCUT2D eigenvalue weighted by molar-refractivity contribution is -0.118. The van der Waals surface area contributed by atoms with E-state index in [4.69, 9.17) is 10.5 Å². The van der Waals surface area contributed by atoms with Gasteiger partial charge in [0, 0.05) is 6.54 Å². The lowest BCUT2D eigenvalue weighted by atomic mass is 10.2. The average molecular weight is 288 g/mol. The molecule has 5 heteroatoms. The van der Waals surface area contributed by atoms with Crippen molar-refractivity contribution in [3.05, 3.63) is 59.4 Å². The highest BCUT2D eigenvalue weighted by Gasteiger charge is 2.08. The van der Waals surface area contributed by atoms with Crippen LogP contribution >= 0.6 is 0 Å². The molecule has 0 aliphatic heterocycles. The quantitative estimate of drug-likeness (QED) is 0.889. The third kappa shape index (κ3) is 4.29. The van der Waals surface area contributed by atoms with Gasteiger partial charge in [-0.3, -0.25) is 4.79 Å². The Balaban J connectivity index is 1.91. The van der Waals surface area contributed by atoms with Gasteiger partial charge in [0.1, 0.15) is 11.6 Å². The minimum Gasteiger partial charge on any atom is -0.484 e. The van der Waals surface area contributed by atoms with E-state index in [0.29, 0.717) is 12.3 Å². The van der Waals surface area contributed by atoms with Crippen molar-refractivity contribution in [2.24, 2.45) is 5.73 Å². The summed E-state index contributed by atoms with van der Waals surface area (Å²) < 4.78 is 18.8. The van der Waals surface area contributed by atoms with E-state index in [0.717, 1.165) is 11.1 Å². The van der Waals surface area contributed by atoms with Crippen molar-refractivity contribution in [2.75, 3.05) is 11.9 Å². The maximum atomic E-state index is 13.5. The molecule has 0 aliphatic rings. The first kappa shape index (κ1) is 15.0. The van der Waals surface area contributed by atoms with E-state index in [-0.39, 0.29) is 12.3 Å². The average Bonchev–Trinajstić information content (AvgIpc) is 2.49. The number of amides is 1. The van der Waals surface area contributed by atoms with Gasteiger partial charge < -0.3 is 15.8 Å². The molecule has 3 N–H and O–H groups in total. The summed E-state index contributed by atoms with van der Waals surface area (Å²) in [6, 6.07) is 11.7. The van der Waals surface area contributed by atoms with Gasteiger partial charge in [-0.1, -0.05) is 18.2 Å². The molecule has 0 fully saturated rings. The van der Waals surface area contributed by atoms with Crippen molar-refractivity contribution >= 4 is 11.6 Å². The maximum absolute atomic E-state index is 13.5. The number of ether oxygens (including phenoxy) is 1. The summed E-state index contributed by atoms with van der Waals surface area (Å²) in [5.74, 6) is -0.323. The number of aryl methyl sites for hydroxylation is 1. The van der Waals surface area contributed by atoms with Crippen LogP contribution in [0.25, 0.3) is 0 Å². The molecular weight excluding hydrogens is 271 g/mol. The van der Waals surface area contributed by atoms with Gasteiger partial charge in [0.25, 0.3) is 5.91 Å². The van der Waals surface area contributed by atoms with Crippen molar-refractivity contribution in [3.8, 4) is 5.75 Å². The van der Waals surface area contributed by atoms with Crippen molar-refractivity contribution in [1.82, 2.24) is 0 Å². The van der Waals surface area contributed by atoms with Gasteiger partial charge in [0.15, 0.2) is 6.61 Å². The second-order valence-corrected chi connectivity index (χ2v) is 4.67.